The molecule has 0 aromatic heterocycles. The van der Waals surface area contributed by atoms with Gasteiger partial charge in [-0.3, -0.25) is 9.59 Å². The molecular formula is C27H28N2O4. The zero-order chi connectivity index (χ0) is 22.7. The van der Waals surface area contributed by atoms with E-state index in [1.54, 1.807) is 11.0 Å². The summed E-state index contributed by atoms with van der Waals surface area (Å²) in [6.45, 7) is 5.69. The first-order valence-corrected chi connectivity index (χ1v) is 11.6. The maximum Gasteiger partial charge on any atom is 0.249 e. The van der Waals surface area contributed by atoms with Gasteiger partial charge < -0.3 is 19.3 Å². The number of carbonyl (C=O) groups excluding carboxylic acids is 2. The van der Waals surface area contributed by atoms with Gasteiger partial charge in [-0.1, -0.05) is 80.6 Å². The van der Waals surface area contributed by atoms with E-state index in [4.69, 9.17) is 9.47 Å². The van der Waals surface area contributed by atoms with E-state index in [0.29, 0.717) is 31.1 Å². The average molecular weight is 445 g/mol. The second kappa shape index (κ2) is 7.54. The highest BCUT2D eigenvalue weighted by Gasteiger charge is 2.73. The number of nitrogens with zero attached hydrogens (tertiary/aromatic N) is 2. The normalized spacial score (nSPS) is 34.6. The van der Waals surface area contributed by atoms with Gasteiger partial charge in [-0.15, -0.1) is 0 Å². The van der Waals surface area contributed by atoms with Crippen molar-refractivity contribution in [3.05, 3.63) is 83.9 Å². The largest absolute Gasteiger partial charge is 0.352 e. The van der Waals surface area contributed by atoms with Crippen LogP contribution in [0.15, 0.2) is 72.8 Å². The molecule has 1 saturated carbocycles. The number of amides is 2. The Morgan fingerprint density at radius 2 is 1.39 bits per heavy atom. The number of fused-ring (bicyclic) bond motifs is 4. The molecule has 4 fully saturated rings. The number of hydrogen-bond acceptors (Lipinski definition) is 4. The first-order chi connectivity index (χ1) is 16.0. The van der Waals surface area contributed by atoms with Crippen molar-refractivity contribution < 1.29 is 19.1 Å². The zero-order valence-electron chi connectivity index (χ0n) is 18.8. The highest BCUT2D eigenvalue weighted by Crippen LogP contribution is 2.67. The van der Waals surface area contributed by atoms with Crippen molar-refractivity contribution in [1.82, 2.24) is 9.80 Å². The average Bonchev–Trinajstić information content (AvgIpc) is 3.38. The SMILES string of the molecule is CC1(C)C2C(=O)N3[C@@H](c4ccccc4)OC[C@@H]3[C@H]21.O=C1C=C[C@H]2CO[C@H](c3ccccc3)N12. The minimum Gasteiger partial charge on any atom is -0.352 e. The van der Waals surface area contributed by atoms with Crippen LogP contribution in [-0.2, 0) is 19.1 Å². The van der Waals surface area contributed by atoms with Crippen molar-refractivity contribution in [2.75, 3.05) is 13.2 Å². The molecule has 2 aromatic carbocycles. The second-order valence-corrected chi connectivity index (χ2v) is 10.0. The Kier molecular flexibility index (Phi) is 4.71. The van der Waals surface area contributed by atoms with Gasteiger partial charge in [0.1, 0.15) is 0 Å². The van der Waals surface area contributed by atoms with Crippen LogP contribution in [0.25, 0.3) is 0 Å². The fraction of sp³-hybridized carbons (Fsp3) is 0.407. The molecular weight excluding hydrogens is 416 g/mol. The van der Waals surface area contributed by atoms with Gasteiger partial charge in [-0.25, -0.2) is 0 Å². The van der Waals surface area contributed by atoms with Crippen LogP contribution in [0.5, 0.6) is 0 Å². The van der Waals surface area contributed by atoms with Gasteiger partial charge in [0.25, 0.3) is 0 Å². The first-order valence-electron chi connectivity index (χ1n) is 11.6. The van der Waals surface area contributed by atoms with Crippen molar-refractivity contribution in [1.29, 1.82) is 0 Å². The van der Waals surface area contributed by atoms with Crippen molar-refractivity contribution in [2.24, 2.45) is 17.3 Å². The van der Waals surface area contributed by atoms with Gasteiger partial charge in [-0.2, -0.15) is 0 Å². The molecule has 1 unspecified atom stereocenters. The minimum absolute atomic E-state index is 0.0475. The fourth-order valence-electron chi connectivity index (χ4n) is 6.09. The summed E-state index contributed by atoms with van der Waals surface area (Å²) in [5.41, 5.74) is 2.32. The lowest BCUT2D eigenvalue weighted by Gasteiger charge is -2.27. The van der Waals surface area contributed by atoms with E-state index in [9.17, 15) is 9.59 Å². The van der Waals surface area contributed by atoms with E-state index in [2.05, 4.69) is 13.8 Å². The number of ether oxygens (including phenoxy) is 2. The maximum absolute atomic E-state index is 12.5. The molecule has 4 aliphatic heterocycles. The summed E-state index contributed by atoms with van der Waals surface area (Å²) in [4.78, 5) is 27.8. The molecule has 1 aliphatic carbocycles. The number of rotatable bonds is 2. The molecule has 7 rings (SSSR count). The van der Waals surface area contributed by atoms with Crippen LogP contribution in [0.1, 0.15) is 37.4 Å². The van der Waals surface area contributed by atoms with Gasteiger partial charge in [0, 0.05) is 23.1 Å². The lowest BCUT2D eigenvalue weighted by molar-refractivity contribution is -0.138. The molecule has 0 radical (unpaired) electrons. The van der Waals surface area contributed by atoms with Crippen LogP contribution in [0.3, 0.4) is 0 Å². The smallest absolute Gasteiger partial charge is 0.249 e. The zero-order valence-corrected chi connectivity index (χ0v) is 18.8. The highest BCUT2D eigenvalue weighted by molar-refractivity contribution is 5.91. The van der Waals surface area contributed by atoms with Crippen LogP contribution in [0, 0.1) is 17.3 Å². The fourth-order valence-corrected chi connectivity index (χ4v) is 6.09. The monoisotopic (exact) mass is 444 g/mol. The third-order valence-electron chi connectivity index (χ3n) is 7.80. The van der Waals surface area contributed by atoms with Crippen molar-refractivity contribution in [3.8, 4) is 0 Å². The van der Waals surface area contributed by atoms with Gasteiger partial charge in [-0.05, 0) is 11.3 Å². The van der Waals surface area contributed by atoms with Crippen LogP contribution < -0.4 is 0 Å². The van der Waals surface area contributed by atoms with Gasteiger partial charge >= 0.3 is 0 Å². The number of piperidine rings is 1. The quantitative estimate of drug-likeness (QED) is 0.709. The molecule has 33 heavy (non-hydrogen) atoms. The predicted octanol–water partition coefficient (Wildman–Crippen LogP) is 3.68. The maximum atomic E-state index is 12.5. The van der Waals surface area contributed by atoms with Crippen molar-refractivity contribution in [3.63, 3.8) is 0 Å². The summed E-state index contributed by atoms with van der Waals surface area (Å²) in [5, 5.41) is 0. The van der Waals surface area contributed by atoms with E-state index in [1.807, 2.05) is 71.6 Å². The highest BCUT2D eigenvalue weighted by atomic mass is 16.5. The van der Waals surface area contributed by atoms with E-state index >= 15 is 0 Å². The first kappa shape index (κ1) is 20.6. The second-order valence-electron chi connectivity index (χ2n) is 10.0. The number of carbonyl (C=O) groups is 2. The lowest BCUT2D eigenvalue weighted by atomic mass is 10.0. The third kappa shape index (κ3) is 3.15. The Labute approximate surface area is 193 Å². The Morgan fingerprint density at radius 1 is 0.818 bits per heavy atom. The van der Waals surface area contributed by atoms with Crippen molar-refractivity contribution in [2.45, 2.75) is 38.4 Å². The summed E-state index contributed by atoms with van der Waals surface area (Å²) < 4.78 is 11.5. The van der Waals surface area contributed by atoms with Gasteiger partial charge in [0.15, 0.2) is 12.5 Å². The Balaban J connectivity index is 0.000000127. The summed E-state index contributed by atoms with van der Waals surface area (Å²) in [5.74, 6) is 1.07. The van der Waals surface area contributed by atoms with Gasteiger partial charge in [0.05, 0.1) is 25.3 Å². The minimum atomic E-state index is -0.210. The van der Waals surface area contributed by atoms with E-state index in [0.717, 1.165) is 11.1 Å². The summed E-state index contributed by atoms with van der Waals surface area (Å²) >= 11 is 0. The molecule has 3 saturated heterocycles. The molecule has 6 nitrogen and oxygen atoms in total. The van der Waals surface area contributed by atoms with Crippen molar-refractivity contribution >= 4 is 11.8 Å². The summed E-state index contributed by atoms with van der Waals surface area (Å²) in [7, 11) is 0. The van der Waals surface area contributed by atoms with Crippen LogP contribution in [0.2, 0.25) is 0 Å². The topological polar surface area (TPSA) is 59.1 Å². The van der Waals surface area contributed by atoms with Crippen LogP contribution in [0.4, 0.5) is 0 Å². The Hall–Kier alpha value is -2.96. The van der Waals surface area contributed by atoms with E-state index in [-0.39, 0.29) is 35.7 Å². The molecule has 0 bridgehead atoms. The molecule has 170 valence electrons. The molecule has 2 amide bonds. The van der Waals surface area contributed by atoms with Crippen LogP contribution in [-0.4, -0.2) is 46.9 Å². The van der Waals surface area contributed by atoms with E-state index < -0.39 is 0 Å². The molecule has 5 aliphatic rings. The standard InChI is InChI=1S/C15H17NO2.C12H11NO2/c1-15(2)11-10-8-18-14(9-6-4-3-5-7-9)16(10)13(17)12(11)15;14-11-7-6-10-8-15-12(13(10)11)9-4-2-1-3-5-9/h3-7,10-12,14H,8H2,1-2H3;1-7,10,12H,8H2/t10-,11-,12?,14-;10-,12+/m10/s1. The molecule has 0 N–H and O–H groups in total. The summed E-state index contributed by atoms with van der Waals surface area (Å²) in [6.07, 6.45) is 3.17. The molecule has 6 atom stereocenters. The molecule has 0 spiro atoms. The Bertz CT molecular complexity index is 1100. The summed E-state index contributed by atoms with van der Waals surface area (Å²) in [6, 6.07) is 20.3. The van der Waals surface area contributed by atoms with Crippen LogP contribution >= 0.6 is 0 Å². The van der Waals surface area contributed by atoms with E-state index in [1.165, 1.54) is 0 Å². The third-order valence-corrected chi connectivity index (χ3v) is 7.80. The van der Waals surface area contributed by atoms with Gasteiger partial charge in [0.2, 0.25) is 11.8 Å². The predicted molar refractivity (Wildman–Crippen MR) is 121 cm³/mol. The lowest BCUT2D eigenvalue weighted by Crippen LogP contribution is -2.37. The molecule has 6 heteroatoms. The molecule has 2 aromatic rings. The Morgan fingerprint density at radius 3 is 2.03 bits per heavy atom. The number of hydrogen-bond donors (Lipinski definition) is 0. The number of benzene rings is 2. The molecule has 4 heterocycles.